The molecule has 1 aliphatic rings. The van der Waals surface area contributed by atoms with Gasteiger partial charge >= 0.3 is 5.97 Å². The highest BCUT2D eigenvalue weighted by Crippen LogP contribution is 2.39. The minimum atomic E-state index is -2.01. The third-order valence-electron chi connectivity index (χ3n) is 5.41. The predicted octanol–water partition coefficient (Wildman–Crippen LogP) is -0.144. The zero-order chi connectivity index (χ0) is 25.6. The lowest BCUT2D eigenvalue weighted by Crippen LogP contribution is -2.61. The van der Waals surface area contributed by atoms with Crippen molar-refractivity contribution in [1.82, 2.24) is 0 Å². The van der Waals surface area contributed by atoms with Crippen LogP contribution >= 0.6 is 0 Å². The van der Waals surface area contributed by atoms with Crippen molar-refractivity contribution in [3.05, 3.63) is 40.6 Å². The van der Waals surface area contributed by atoms with Crippen LogP contribution in [-0.2, 0) is 9.53 Å². The van der Waals surface area contributed by atoms with Crippen LogP contribution in [0.5, 0.6) is 28.7 Å². The van der Waals surface area contributed by atoms with Crippen LogP contribution in [0.15, 0.2) is 39.5 Å². The molecule has 3 aromatic rings. The van der Waals surface area contributed by atoms with Crippen molar-refractivity contribution < 1.29 is 59.2 Å². The number of carboxylic acids is 1. The third kappa shape index (κ3) is 4.17. The largest absolute Gasteiger partial charge is 0.508 e. The van der Waals surface area contributed by atoms with Crippen LogP contribution in [0.25, 0.3) is 22.3 Å². The summed E-state index contributed by atoms with van der Waals surface area (Å²) in [4.78, 5) is 24.8. The number of aliphatic hydroxyl groups is 3. The molecule has 0 saturated carbocycles. The molecule has 5 atom stereocenters. The first-order chi connectivity index (χ1) is 16.5. The van der Waals surface area contributed by atoms with Crippen LogP contribution in [0.2, 0.25) is 0 Å². The SMILES string of the molecule is COc1cc(-c2oc3cc(O)cc(O)c3c(=O)c2O[C@@H]2O[C@H](C(=O)O)[C@@H](O)[C@H](O)C2O)ccc1O. The molecule has 13 heteroatoms. The van der Waals surface area contributed by atoms with Gasteiger partial charge < -0.3 is 54.4 Å². The lowest BCUT2D eigenvalue weighted by molar-refractivity contribution is -0.271. The number of phenols is 3. The second-order valence-corrected chi connectivity index (χ2v) is 7.67. The van der Waals surface area contributed by atoms with E-state index in [1.165, 1.54) is 25.3 Å². The minimum absolute atomic E-state index is 0.0200. The number of carboxylic acid groups (broad SMARTS) is 1. The van der Waals surface area contributed by atoms with Crippen molar-refractivity contribution in [2.75, 3.05) is 7.11 Å². The number of aromatic hydroxyl groups is 3. The standard InChI is InChI=1S/C22H20O13/c1-32-11-4-7(2-3-9(11)24)18-19(14(26)13-10(25)5-8(23)6-12(13)33-18)34-22-17(29)15(27)16(28)20(35-22)21(30)31/h2-6,15-17,20,22-25,27-29H,1H3,(H,30,31)/t15-,16-,17?,20-,22+/m0/s1. The monoisotopic (exact) mass is 492 g/mol. The fourth-order valence-electron chi connectivity index (χ4n) is 3.65. The Kier molecular flexibility index (Phi) is 6.17. The lowest BCUT2D eigenvalue weighted by Gasteiger charge is -2.38. The molecule has 4 rings (SSSR count). The molecule has 0 bridgehead atoms. The molecule has 1 aliphatic heterocycles. The van der Waals surface area contributed by atoms with Gasteiger partial charge in [-0.3, -0.25) is 4.79 Å². The van der Waals surface area contributed by atoms with Crippen LogP contribution in [0.1, 0.15) is 0 Å². The lowest BCUT2D eigenvalue weighted by atomic mass is 9.99. The smallest absolute Gasteiger partial charge is 0.335 e. The first-order valence-electron chi connectivity index (χ1n) is 10.0. The number of fused-ring (bicyclic) bond motifs is 1. The molecule has 0 aliphatic carbocycles. The fraction of sp³-hybridized carbons (Fsp3) is 0.273. The van der Waals surface area contributed by atoms with Gasteiger partial charge in [0.1, 0.15) is 40.8 Å². The maximum absolute atomic E-state index is 13.3. The van der Waals surface area contributed by atoms with E-state index < -0.39 is 64.7 Å². The molecule has 0 spiro atoms. The van der Waals surface area contributed by atoms with Crippen LogP contribution in [-0.4, -0.2) is 79.5 Å². The summed E-state index contributed by atoms with van der Waals surface area (Å²) in [5.41, 5.74) is -1.17. The van der Waals surface area contributed by atoms with E-state index in [4.69, 9.17) is 18.6 Å². The summed E-state index contributed by atoms with van der Waals surface area (Å²) < 4.78 is 21.3. The molecule has 35 heavy (non-hydrogen) atoms. The summed E-state index contributed by atoms with van der Waals surface area (Å²) in [7, 11) is 1.27. The number of hydrogen-bond donors (Lipinski definition) is 7. The van der Waals surface area contributed by atoms with Crippen LogP contribution in [0, 0.1) is 0 Å². The predicted molar refractivity (Wildman–Crippen MR) is 114 cm³/mol. The number of benzene rings is 2. The molecule has 1 unspecified atom stereocenters. The van der Waals surface area contributed by atoms with E-state index in [-0.39, 0.29) is 28.4 Å². The normalized spacial score (nSPS) is 24.3. The first-order valence-corrected chi connectivity index (χ1v) is 10.0. The van der Waals surface area contributed by atoms with E-state index in [2.05, 4.69) is 0 Å². The highest BCUT2D eigenvalue weighted by Gasteiger charge is 2.48. The zero-order valence-corrected chi connectivity index (χ0v) is 17.9. The van der Waals surface area contributed by atoms with Gasteiger partial charge in [0.2, 0.25) is 17.5 Å². The highest BCUT2D eigenvalue weighted by atomic mass is 16.7. The van der Waals surface area contributed by atoms with Gasteiger partial charge in [-0.2, -0.15) is 0 Å². The molecule has 1 saturated heterocycles. The van der Waals surface area contributed by atoms with Gasteiger partial charge in [0.05, 0.1) is 7.11 Å². The van der Waals surface area contributed by atoms with E-state index in [0.29, 0.717) is 0 Å². The van der Waals surface area contributed by atoms with E-state index in [0.717, 1.165) is 12.1 Å². The Hall–Kier alpha value is -4.04. The Morgan fingerprint density at radius 1 is 0.971 bits per heavy atom. The molecular formula is C22H20O13. The fourth-order valence-corrected chi connectivity index (χ4v) is 3.65. The third-order valence-corrected chi connectivity index (χ3v) is 5.41. The van der Waals surface area contributed by atoms with Crippen molar-refractivity contribution >= 4 is 16.9 Å². The molecule has 0 radical (unpaired) electrons. The van der Waals surface area contributed by atoms with Crippen molar-refractivity contribution in [3.63, 3.8) is 0 Å². The van der Waals surface area contributed by atoms with Crippen LogP contribution in [0.3, 0.4) is 0 Å². The summed E-state index contributed by atoms with van der Waals surface area (Å²) in [5, 5.41) is 69.1. The molecular weight excluding hydrogens is 472 g/mol. The molecule has 7 N–H and O–H groups in total. The number of phenolic OH excluding ortho intramolecular Hbond substituents is 3. The molecule has 1 fully saturated rings. The van der Waals surface area contributed by atoms with Crippen molar-refractivity contribution in [3.8, 4) is 40.1 Å². The summed E-state index contributed by atoms with van der Waals surface area (Å²) in [6.07, 6.45) is -9.97. The molecule has 0 amide bonds. The number of methoxy groups -OCH3 is 1. The van der Waals surface area contributed by atoms with E-state index >= 15 is 0 Å². The van der Waals surface area contributed by atoms with Gasteiger partial charge in [-0.25, -0.2) is 4.79 Å². The number of carbonyl (C=O) groups is 1. The number of ether oxygens (including phenoxy) is 3. The van der Waals surface area contributed by atoms with Gasteiger partial charge in [-0.15, -0.1) is 0 Å². The Morgan fingerprint density at radius 2 is 1.69 bits per heavy atom. The van der Waals surface area contributed by atoms with E-state index in [1.807, 2.05) is 0 Å². The molecule has 1 aromatic heterocycles. The number of aliphatic carboxylic acids is 1. The molecule has 2 aromatic carbocycles. The number of hydrogen-bond acceptors (Lipinski definition) is 12. The Labute approximate surface area is 195 Å². The van der Waals surface area contributed by atoms with Crippen molar-refractivity contribution in [1.29, 1.82) is 0 Å². The number of rotatable bonds is 5. The topological polar surface area (TPSA) is 217 Å². The maximum Gasteiger partial charge on any atom is 0.335 e. The maximum atomic E-state index is 13.3. The van der Waals surface area contributed by atoms with E-state index in [9.17, 15) is 45.3 Å². The van der Waals surface area contributed by atoms with Crippen LogP contribution < -0.4 is 14.9 Å². The molecule has 13 nitrogen and oxygen atoms in total. The van der Waals surface area contributed by atoms with Gasteiger partial charge in [0.15, 0.2) is 23.4 Å². The van der Waals surface area contributed by atoms with Crippen molar-refractivity contribution in [2.24, 2.45) is 0 Å². The van der Waals surface area contributed by atoms with Gasteiger partial charge in [0.25, 0.3) is 0 Å². The first kappa shape index (κ1) is 24.1. The minimum Gasteiger partial charge on any atom is -0.508 e. The van der Waals surface area contributed by atoms with Crippen molar-refractivity contribution in [2.45, 2.75) is 30.7 Å². The average Bonchev–Trinajstić information content (AvgIpc) is 2.80. The Bertz CT molecular complexity index is 1350. The Balaban J connectivity index is 1.92. The zero-order valence-electron chi connectivity index (χ0n) is 17.9. The van der Waals surface area contributed by atoms with Crippen LogP contribution in [0.4, 0.5) is 0 Å². The van der Waals surface area contributed by atoms with Gasteiger partial charge in [0, 0.05) is 17.7 Å². The summed E-state index contributed by atoms with van der Waals surface area (Å²) in [5.74, 6) is -4.04. The summed E-state index contributed by atoms with van der Waals surface area (Å²) >= 11 is 0. The number of aliphatic hydroxyl groups excluding tert-OH is 3. The second-order valence-electron chi connectivity index (χ2n) is 7.67. The average molecular weight is 492 g/mol. The van der Waals surface area contributed by atoms with Gasteiger partial charge in [-0.05, 0) is 18.2 Å². The molecule has 2 heterocycles. The second kappa shape index (κ2) is 8.96. The van der Waals surface area contributed by atoms with E-state index in [1.54, 1.807) is 0 Å². The summed E-state index contributed by atoms with van der Waals surface area (Å²) in [6, 6.07) is 5.72. The summed E-state index contributed by atoms with van der Waals surface area (Å²) in [6.45, 7) is 0. The highest BCUT2D eigenvalue weighted by molar-refractivity contribution is 5.88. The Morgan fingerprint density at radius 3 is 2.34 bits per heavy atom. The van der Waals surface area contributed by atoms with Gasteiger partial charge in [-0.1, -0.05) is 0 Å². The molecule has 186 valence electrons. The quantitative estimate of drug-likeness (QED) is 0.247.